The van der Waals surface area contributed by atoms with Crippen molar-refractivity contribution >= 4 is 17.9 Å². The van der Waals surface area contributed by atoms with Crippen LogP contribution in [0.25, 0.3) is 0 Å². The molecule has 556 valence electrons. The number of carboxylic acids is 1. The van der Waals surface area contributed by atoms with Crippen molar-refractivity contribution in [3.05, 3.63) is 134 Å². The van der Waals surface area contributed by atoms with E-state index in [1.54, 1.807) is 0 Å². The smallest absolute Gasteiger partial charge is 0.306 e. The van der Waals surface area contributed by atoms with Gasteiger partial charge in [0, 0.05) is 12.8 Å². The molecule has 0 heterocycles. The van der Waals surface area contributed by atoms with Gasteiger partial charge in [0.2, 0.25) is 0 Å². The van der Waals surface area contributed by atoms with E-state index in [-0.39, 0.29) is 38.6 Å². The van der Waals surface area contributed by atoms with E-state index in [1.165, 1.54) is 205 Å². The lowest BCUT2D eigenvalue weighted by atomic mass is 10.0. The Morgan fingerprint density at radius 3 is 0.876 bits per heavy atom. The Kier molecular flexibility index (Phi) is 73.5. The summed E-state index contributed by atoms with van der Waals surface area (Å²) in [5, 5.41) is 11.9. The standard InChI is InChI=1S/C88H151NO8/c1-6-8-10-12-14-16-18-20-22-24-26-28-30-32-34-36-38-40-42-43-45-47-49-51-53-55-57-59-61-63-65-67-69-71-73-75-77-79-86(91)97-84(83-96-88(87(92)93)94-81-80-89(3,4)5)82-95-85(90)78-76-74-72-70-68-66-64-62-60-58-56-54-52-50-48-46-44-41-39-37-35-33-31-29-27-25-23-21-19-17-15-13-11-9-7-2/h8,10,14,16,19-22,25-28,32,34,38,40,43,45,49,51,55,57,84,88H,6-7,9,11-13,15,17-18,23-24,29-31,33,35-37,39,41-42,44,46-48,50,52-54,56,58-83H2,1-5H3/b10-8-,16-14-,21-19-,22-20-,27-25-,28-26-,34-32-,40-38-,45-43-,51-49-,57-55-. The van der Waals surface area contributed by atoms with Gasteiger partial charge in [-0.3, -0.25) is 9.59 Å². The third kappa shape index (κ3) is 78.6. The average molecular weight is 1350 g/mol. The van der Waals surface area contributed by atoms with Gasteiger partial charge in [0.1, 0.15) is 13.2 Å². The summed E-state index contributed by atoms with van der Waals surface area (Å²) in [7, 11) is 5.93. The first-order valence-corrected chi connectivity index (χ1v) is 40.3. The highest BCUT2D eigenvalue weighted by Crippen LogP contribution is 2.18. The predicted molar refractivity (Wildman–Crippen MR) is 416 cm³/mol. The van der Waals surface area contributed by atoms with Crippen LogP contribution in [0, 0.1) is 0 Å². The van der Waals surface area contributed by atoms with Gasteiger partial charge < -0.3 is 33.3 Å². The summed E-state index contributed by atoms with van der Waals surface area (Å²) in [5.41, 5.74) is 0. The molecule has 0 aromatic rings. The number of hydrogen-bond acceptors (Lipinski definition) is 8. The topological polar surface area (TPSA) is 111 Å². The summed E-state index contributed by atoms with van der Waals surface area (Å²) in [6, 6.07) is 0. The van der Waals surface area contributed by atoms with Crippen molar-refractivity contribution in [2.24, 2.45) is 0 Å². The fourth-order valence-electron chi connectivity index (χ4n) is 11.3. The van der Waals surface area contributed by atoms with Crippen molar-refractivity contribution < 1.29 is 42.9 Å². The Morgan fingerprint density at radius 1 is 0.320 bits per heavy atom. The highest BCUT2D eigenvalue weighted by molar-refractivity contribution is 5.70. The van der Waals surface area contributed by atoms with Crippen LogP contribution in [0.5, 0.6) is 0 Å². The van der Waals surface area contributed by atoms with E-state index in [2.05, 4.69) is 148 Å². The highest BCUT2D eigenvalue weighted by atomic mass is 16.7. The summed E-state index contributed by atoms with van der Waals surface area (Å²) >= 11 is 0. The van der Waals surface area contributed by atoms with Crippen LogP contribution < -0.4 is 5.11 Å². The first-order valence-electron chi connectivity index (χ1n) is 40.3. The first-order chi connectivity index (χ1) is 47.6. The molecule has 0 amide bonds. The molecule has 0 saturated carbocycles. The number of likely N-dealkylation sites (N-methyl/N-ethyl adjacent to an activating group) is 1. The normalized spacial score (nSPS) is 13.4. The molecular weight excluding hydrogens is 1200 g/mol. The van der Waals surface area contributed by atoms with E-state index < -0.39 is 24.3 Å². The number of nitrogens with zero attached hydrogens (tertiary/aromatic N) is 1. The molecule has 9 heteroatoms. The molecule has 0 rings (SSSR count). The zero-order chi connectivity index (χ0) is 70.4. The molecule has 2 atom stereocenters. The van der Waals surface area contributed by atoms with E-state index in [4.69, 9.17) is 18.9 Å². The number of carbonyl (C=O) groups excluding carboxylic acids is 3. The van der Waals surface area contributed by atoms with Gasteiger partial charge in [0.05, 0.1) is 40.3 Å². The van der Waals surface area contributed by atoms with Crippen LogP contribution in [0.3, 0.4) is 0 Å². The van der Waals surface area contributed by atoms with Gasteiger partial charge in [0.15, 0.2) is 12.4 Å². The Bertz CT molecular complexity index is 2060. The van der Waals surface area contributed by atoms with Gasteiger partial charge in [-0.05, 0) is 116 Å². The van der Waals surface area contributed by atoms with Gasteiger partial charge in [-0.15, -0.1) is 0 Å². The molecule has 0 saturated heterocycles. The van der Waals surface area contributed by atoms with Crippen LogP contribution in [0.1, 0.15) is 348 Å². The van der Waals surface area contributed by atoms with Crippen LogP contribution in [0.4, 0.5) is 0 Å². The molecule has 0 radical (unpaired) electrons. The van der Waals surface area contributed by atoms with Gasteiger partial charge in [0.25, 0.3) is 0 Å². The number of ether oxygens (including phenoxy) is 4. The van der Waals surface area contributed by atoms with Crippen LogP contribution in [0.15, 0.2) is 134 Å². The molecular formula is C88H151NO8. The van der Waals surface area contributed by atoms with Crippen LogP contribution in [-0.4, -0.2) is 82.3 Å². The van der Waals surface area contributed by atoms with E-state index in [9.17, 15) is 19.5 Å². The quantitative estimate of drug-likeness (QED) is 0.0195. The number of allylic oxidation sites excluding steroid dienone is 22. The predicted octanol–water partition coefficient (Wildman–Crippen LogP) is 24.7. The Hall–Kier alpha value is -4.57. The first kappa shape index (κ1) is 92.4. The van der Waals surface area contributed by atoms with E-state index in [0.29, 0.717) is 17.4 Å². The zero-order valence-corrected chi connectivity index (χ0v) is 63.7. The van der Waals surface area contributed by atoms with Crippen LogP contribution in [0.2, 0.25) is 0 Å². The molecule has 97 heavy (non-hydrogen) atoms. The van der Waals surface area contributed by atoms with E-state index in [1.807, 2.05) is 21.1 Å². The molecule has 0 aliphatic carbocycles. The third-order valence-corrected chi connectivity index (χ3v) is 17.4. The second-order valence-electron chi connectivity index (χ2n) is 28.0. The minimum absolute atomic E-state index is 0.142. The van der Waals surface area contributed by atoms with E-state index >= 15 is 0 Å². The second kappa shape index (κ2) is 77.2. The van der Waals surface area contributed by atoms with E-state index in [0.717, 1.165) is 109 Å². The summed E-state index contributed by atoms with van der Waals surface area (Å²) in [6.45, 7) is 4.65. The van der Waals surface area contributed by atoms with Gasteiger partial charge >= 0.3 is 11.9 Å². The monoisotopic (exact) mass is 1350 g/mol. The summed E-state index contributed by atoms with van der Waals surface area (Å²) in [6.07, 6.45) is 109. The number of esters is 2. The average Bonchev–Trinajstić information content (AvgIpc) is 3.11. The maximum Gasteiger partial charge on any atom is 0.306 e. The zero-order valence-electron chi connectivity index (χ0n) is 63.7. The Balaban J connectivity index is 4.07. The number of carboxylic acid groups (broad SMARTS) is 1. The summed E-state index contributed by atoms with van der Waals surface area (Å²) in [4.78, 5) is 37.6. The summed E-state index contributed by atoms with van der Waals surface area (Å²) in [5.74, 6) is -2.28. The lowest BCUT2D eigenvalue weighted by molar-refractivity contribution is -0.870. The molecule has 0 aliphatic heterocycles. The number of aliphatic carboxylic acids is 1. The molecule has 0 aliphatic rings. The fourth-order valence-corrected chi connectivity index (χ4v) is 11.3. The maximum atomic E-state index is 13.0. The number of rotatable bonds is 74. The third-order valence-electron chi connectivity index (χ3n) is 17.4. The Labute approximate surface area is 599 Å². The minimum Gasteiger partial charge on any atom is -0.545 e. The SMILES string of the molecule is CC/C=C\C/C=C\C/C=C\C/C=C\C/C=C\C/C=C\C/C=C\C/C=C\C/C=C\CCCCCCCCCCCC(=O)OC(COC(=O)CCCCCCCCCCCCCCCCCCCCCCCCC/C=C\C/C=C\CCCCCCC)COC(OCC[N+](C)(C)C)C(=O)[O-]. The molecule has 9 nitrogen and oxygen atoms in total. The fraction of sp³-hybridized carbons (Fsp3) is 0.716. The number of unbranched alkanes of at least 4 members (excludes halogenated alkanes) is 37. The van der Waals surface area contributed by atoms with Crippen molar-refractivity contribution in [1.82, 2.24) is 0 Å². The lowest BCUT2D eigenvalue weighted by Crippen LogP contribution is -2.44. The van der Waals surface area contributed by atoms with Crippen LogP contribution >= 0.6 is 0 Å². The van der Waals surface area contributed by atoms with Crippen molar-refractivity contribution in [1.29, 1.82) is 0 Å². The number of quaternary nitrogens is 1. The van der Waals surface area contributed by atoms with Crippen molar-refractivity contribution in [3.8, 4) is 0 Å². The molecule has 0 bridgehead atoms. The van der Waals surface area contributed by atoms with Crippen molar-refractivity contribution in [3.63, 3.8) is 0 Å². The molecule has 0 aromatic heterocycles. The van der Waals surface area contributed by atoms with Crippen molar-refractivity contribution in [2.45, 2.75) is 360 Å². The molecule has 0 spiro atoms. The van der Waals surface area contributed by atoms with Gasteiger partial charge in [-0.1, -0.05) is 353 Å². The maximum absolute atomic E-state index is 13.0. The van der Waals surface area contributed by atoms with Gasteiger partial charge in [-0.2, -0.15) is 0 Å². The number of carbonyl (C=O) groups is 3. The second-order valence-corrected chi connectivity index (χ2v) is 28.0. The Morgan fingerprint density at radius 2 is 0.588 bits per heavy atom. The van der Waals surface area contributed by atoms with Crippen LogP contribution in [-0.2, 0) is 33.3 Å². The lowest BCUT2D eigenvalue weighted by Gasteiger charge is -2.26. The summed E-state index contributed by atoms with van der Waals surface area (Å²) < 4.78 is 22.9. The largest absolute Gasteiger partial charge is 0.545 e. The highest BCUT2D eigenvalue weighted by Gasteiger charge is 2.22. The molecule has 2 unspecified atom stereocenters. The van der Waals surface area contributed by atoms with Gasteiger partial charge in [-0.25, -0.2) is 0 Å². The molecule has 0 fully saturated rings. The molecule has 0 N–H and O–H groups in total. The number of hydrogen-bond donors (Lipinski definition) is 0. The van der Waals surface area contributed by atoms with Crippen molar-refractivity contribution in [2.75, 3.05) is 47.5 Å². The molecule has 0 aromatic carbocycles. The minimum atomic E-state index is -1.63.